The van der Waals surface area contributed by atoms with Crippen molar-refractivity contribution in [3.63, 3.8) is 0 Å². The third-order valence-electron chi connectivity index (χ3n) is 4.16. The number of aliphatic hydroxyl groups is 2. The summed E-state index contributed by atoms with van der Waals surface area (Å²) in [6, 6.07) is 3.05. The number of aromatic nitrogens is 3. The van der Waals surface area contributed by atoms with Crippen molar-refractivity contribution in [3.05, 3.63) is 35.3 Å². The summed E-state index contributed by atoms with van der Waals surface area (Å²) in [6.07, 6.45) is 1.34. The zero-order valence-corrected chi connectivity index (χ0v) is 15.0. The van der Waals surface area contributed by atoms with E-state index < -0.39 is 6.23 Å². The number of nitrogens with zero attached hydrogens (tertiary/aromatic N) is 3. The Morgan fingerprint density at radius 2 is 2.04 bits per heavy atom. The molecule has 2 heterocycles. The van der Waals surface area contributed by atoms with Crippen LogP contribution in [0.3, 0.4) is 0 Å². The van der Waals surface area contributed by atoms with E-state index in [2.05, 4.69) is 34.5 Å². The summed E-state index contributed by atoms with van der Waals surface area (Å²) in [4.78, 5) is 0. The molecular weight excluding hydrogens is 324 g/mol. The van der Waals surface area contributed by atoms with Crippen molar-refractivity contribution >= 4 is 0 Å². The van der Waals surface area contributed by atoms with Crippen LogP contribution in [0.4, 0.5) is 0 Å². The highest BCUT2D eigenvalue weighted by Gasteiger charge is 2.25. The number of hydrogen-bond acceptors (Lipinski definition) is 8. The summed E-state index contributed by atoms with van der Waals surface area (Å²) < 4.78 is 11.2. The van der Waals surface area contributed by atoms with Gasteiger partial charge in [-0.1, -0.05) is 19.0 Å². The van der Waals surface area contributed by atoms with E-state index in [0.717, 1.165) is 12.0 Å². The molecule has 0 saturated carbocycles. The van der Waals surface area contributed by atoms with Crippen molar-refractivity contribution in [2.45, 2.75) is 52.5 Å². The Bertz CT molecular complexity index is 646. The molecule has 0 aliphatic heterocycles. The number of aliphatic hydroxyl groups excluding tert-OH is 2. The van der Waals surface area contributed by atoms with Crippen LogP contribution in [0.15, 0.2) is 22.9 Å². The number of ether oxygens (including phenoxy) is 1. The molecule has 0 aromatic carbocycles. The summed E-state index contributed by atoms with van der Waals surface area (Å²) in [5.74, 6) is 1.31. The summed E-state index contributed by atoms with van der Waals surface area (Å²) in [5.41, 5.74) is 1.24. The normalized spacial score (nSPS) is 16.2. The van der Waals surface area contributed by atoms with Crippen LogP contribution >= 0.6 is 0 Å². The lowest BCUT2D eigenvalue weighted by molar-refractivity contribution is 0.102. The maximum Gasteiger partial charge on any atom is 0.234 e. The molecular formula is C17H26N4O4. The Morgan fingerprint density at radius 3 is 2.56 bits per heavy atom. The molecule has 138 valence electrons. The first-order valence-electron chi connectivity index (χ1n) is 8.42. The van der Waals surface area contributed by atoms with E-state index in [1.807, 2.05) is 6.92 Å². The number of hydrogen-bond donors (Lipinski definition) is 3. The minimum absolute atomic E-state index is 0.0830. The van der Waals surface area contributed by atoms with E-state index in [1.165, 1.54) is 0 Å². The van der Waals surface area contributed by atoms with Crippen LogP contribution in [0.5, 0.6) is 5.88 Å². The Morgan fingerprint density at radius 1 is 1.28 bits per heavy atom. The van der Waals surface area contributed by atoms with E-state index in [1.54, 1.807) is 25.3 Å². The second-order valence-electron chi connectivity index (χ2n) is 6.21. The van der Waals surface area contributed by atoms with Crippen molar-refractivity contribution in [1.82, 2.24) is 20.7 Å². The number of nitrogens with one attached hydrogen (secondary N) is 1. The first kappa shape index (κ1) is 19.3. The van der Waals surface area contributed by atoms with Gasteiger partial charge in [0.25, 0.3) is 0 Å². The fraction of sp³-hybridized carbons (Fsp3) is 0.588. The molecule has 0 aliphatic rings. The Labute approximate surface area is 147 Å². The lowest BCUT2D eigenvalue weighted by Gasteiger charge is -2.23. The van der Waals surface area contributed by atoms with E-state index in [-0.39, 0.29) is 24.7 Å². The molecule has 2 rings (SSSR count). The smallest absolute Gasteiger partial charge is 0.234 e. The highest BCUT2D eigenvalue weighted by Crippen LogP contribution is 2.31. The van der Waals surface area contributed by atoms with E-state index in [0.29, 0.717) is 17.3 Å². The van der Waals surface area contributed by atoms with Gasteiger partial charge >= 0.3 is 0 Å². The molecule has 0 radical (unpaired) electrons. The van der Waals surface area contributed by atoms with Crippen molar-refractivity contribution in [1.29, 1.82) is 0 Å². The topological polar surface area (TPSA) is 114 Å². The van der Waals surface area contributed by atoms with Crippen LogP contribution in [-0.2, 0) is 0 Å². The van der Waals surface area contributed by atoms with Crippen LogP contribution in [0, 0.1) is 12.8 Å². The number of rotatable bonds is 9. The standard InChI is InChI=1S/C17H26N4O4/c1-5-10(2)16(13-8-18-25-12(13)4)24-15-7-6-14(20-21-15)17(23)19-11(3)9-22/h6-8,10-11,16-17,19,22-23H,5,9H2,1-4H3/t10?,11?,16-,17?/m1/s1. The Balaban J connectivity index is 2.11. The summed E-state index contributed by atoms with van der Waals surface area (Å²) in [7, 11) is 0. The van der Waals surface area contributed by atoms with Crippen LogP contribution < -0.4 is 10.1 Å². The zero-order chi connectivity index (χ0) is 18.4. The zero-order valence-electron chi connectivity index (χ0n) is 15.0. The molecule has 0 aliphatic carbocycles. The quantitative estimate of drug-likeness (QED) is 0.588. The van der Waals surface area contributed by atoms with Gasteiger partial charge in [-0.25, -0.2) is 0 Å². The summed E-state index contributed by atoms with van der Waals surface area (Å²) >= 11 is 0. The molecule has 2 aromatic heterocycles. The van der Waals surface area contributed by atoms with Gasteiger partial charge in [0.2, 0.25) is 5.88 Å². The molecule has 0 amide bonds. The molecule has 3 N–H and O–H groups in total. The van der Waals surface area contributed by atoms with Gasteiger partial charge < -0.3 is 19.5 Å². The third kappa shape index (κ3) is 4.97. The van der Waals surface area contributed by atoms with Gasteiger partial charge in [-0.15, -0.1) is 10.2 Å². The van der Waals surface area contributed by atoms with Gasteiger partial charge in [0.05, 0.1) is 18.4 Å². The highest BCUT2D eigenvalue weighted by atomic mass is 16.5. The molecule has 0 bridgehead atoms. The fourth-order valence-electron chi connectivity index (χ4n) is 2.36. The van der Waals surface area contributed by atoms with Gasteiger partial charge in [-0.3, -0.25) is 5.32 Å². The molecule has 2 aromatic rings. The highest BCUT2D eigenvalue weighted by molar-refractivity contribution is 5.20. The minimum atomic E-state index is -1.01. The van der Waals surface area contributed by atoms with Crippen LogP contribution in [-0.4, -0.2) is 38.2 Å². The number of aryl methyl sites for hydroxylation is 1. The first-order chi connectivity index (χ1) is 12.0. The molecule has 4 atom stereocenters. The average molecular weight is 350 g/mol. The van der Waals surface area contributed by atoms with Crippen molar-refractivity contribution in [3.8, 4) is 5.88 Å². The van der Waals surface area contributed by atoms with E-state index in [4.69, 9.17) is 14.4 Å². The van der Waals surface area contributed by atoms with Gasteiger partial charge in [0, 0.05) is 12.1 Å². The average Bonchev–Trinajstić information content (AvgIpc) is 3.05. The monoisotopic (exact) mass is 350 g/mol. The fourth-order valence-corrected chi connectivity index (χ4v) is 2.36. The van der Waals surface area contributed by atoms with Crippen molar-refractivity contribution in [2.24, 2.45) is 5.92 Å². The predicted molar refractivity (Wildman–Crippen MR) is 90.7 cm³/mol. The predicted octanol–water partition coefficient (Wildman–Crippen LogP) is 1.90. The van der Waals surface area contributed by atoms with Gasteiger partial charge in [0.1, 0.15) is 23.8 Å². The maximum absolute atomic E-state index is 10.0. The molecule has 0 spiro atoms. The first-order valence-corrected chi connectivity index (χ1v) is 8.42. The third-order valence-corrected chi connectivity index (χ3v) is 4.16. The van der Waals surface area contributed by atoms with Gasteiger partial charge in [-0.05, 0) is 32.3 Å². The molecule has 25 heavy (non-hydrogen) atoms. The van der Waals surface area contributed by atoms with Crippen molar-refractivity contribution in [2.75, 3.05) is 6.61 Å². The maximum atomic E-state index is 10.0. The van der Waals surface area contributed by atoms with E-state index in [9.17, 15) is 5.11 Å². The summed E-state index contributed by atoms with van der Waals surface area (Å²) in [6.45, 7) is 7.69. The van der Waals surface area contributed by atoms with Gasteiger partial charge in [-0.2, -0.15) is 0 Å². The molecule has 8 heteroatoms. The molecule has 8 nitrogen and oxygen atoms in total. The largest absolute Gasteiger partial charge is 0.468 e. The van der Waals surface area contributed by atoms with Crippen LogP contribution in [0.1, 0.15) is 56.5 Å². The molecule has 0 saturated heterocycles. The Hall–Kier alpha value is -2.03. The second-order valence-corrected chi connectivity index (χ2v) is 6.21. The summed E-state index contributed by atoms with van der Waals surface area (Å²) in [5, 5.41) is 33.7. The van der Waals surface area contributed by atoms with Crippen molar-refractivity contribution < 1.29 is 19.5 Å². The second kappa shape index (κ2) is 8.89. The van der Waals surface area contributed by atoms with Crippen LogP contribution in [0.25, 0.3) is 0 Å². The van der Waals surface area contributed by atoms with Crippen LogP contribution in [0.2, 0.25) is 0 Å². The van der Waals surface area contributed by atoms with Gasteiger partial charge in [0.15, 0.2) is 0 Å². The minimum Gasteiger partial charge on any atom is -0.468 e. The lowest BCUT2D eigenvalue weighted by atomic mass is 9.96. The Kier molecular flexibility index (Phi) is 6.86. The lowest BCUT2D eigenvalue weighted by Crippen LogP contribution is -2.33. The molecule has 0 fully saturated rings. The van der Waals surface area contributed by atoms with E-state index >= 15 is 0 Å². The SMILES string of the molecule is CCC(C)[C@@H](Oc1ccc(C(O)NC(C)CO)nn1)c1cnoc1C. The molecule has 3 unspecified atom stereocenters.